The zero-order valence-electron chi connectivity index (χ0n) is 11.5. The van der Waals surface area contributed by atoms with Gasteiger partial charge in [0.05, 0.1) is 6.42 Å². The van der Waals surface area contributed by atoms with Crippen LogP contribution in [0.15, 0.2) is 12.4 Å². The van der Waals surface area contributed by atoms with Gasteiger partial charge in [-0.3, -0.25) is 4.79 Å². The van der Waals surface area contributed by atoms with Crippen LogP contribution in [-0.2, 0) is 17.4 Å². The van der Waals surface area contributed by atoms with E-state index in [0.29, 0.717) is 6.42 Å². The molecule has 0 bridgehead atoms. The van der Waals surface area contributed by atoms with Crippen molar-refractivity contribution >= 4 is 5.91 Å². The number of nitrogens with zero attached hydrogens (tertiary/aromatic N) is 2. The van der Waals surface area contributed by atoms with Crippen molar-refractivity contribution < 1.29 is 23.1 Å². The van der Waals surface area contributed by atoms with Crippen molar-refractivity contribution in [3.8, 4) is 0 Å². The van der Waals surface area contributed by atoms with Crippen molar-refractivity contribution in [2.75, 3.05) is 0 Å². The molecule has 0 saturated heterocycles. The SMILES string of the molecule is CCC(C)NC(=O)CC(O)(c1nccn1C)C(F)(F)F. The van der Waals surface area contributed by atoms with Crippen molar-refractivity contribution in [2.45, 2.75) is 44.5 Å². The number of aliphatic hydroxyl groups is 1. The first-order chi connectivity index (χ1) is 9.11. The lowest BCUT2D eigenvalue weighted by molar-refractivity contribution is -0.271. The molecule has 0 aliphatic rings. The zero-order chi connectivity index (χ0) is 15.6. The highest BCUT2D eigenvalue weighted by atomic mass is 19.4. The monoisotopic (exact) mass is 293 g/mol. The molecule has 0 fully saturated rings. The van der Waals surface area contributed by atoms with Gasteiger partial charge in [0.1, 0.15) is 0 Å². The fraction of sp³-hybridized carbons (Fsp3) is 0.667. The number of carbonyl (C=O) groups excluding carboxylic acids is 1. The van der Waals surface area contributed by atoms with Crippen molar-refractivity contribution in [1.82, 2.24) is 14.9 Å². The lowest BCUT2D eigenvalue weighted by Crippen LogP contribution is -2.48. The van der Waals surface area contributed by atoms with Gasteiger partial charge in [0.25, 0.3) is 0 Å². The highest BCUT2D eigenvalue weighted by molar-refractivity contribution is 5.77. The summed E-state index contributed by atoms with van der Waals surface area (Å²) in [7, 11) is 1.33. The van der Waals surface area contributed by atoms with Crippen LogP contribution in [0.4, 0.5) is 13.2 Å². The first-order valence-corrected chi connectivity index (χ1v) is 6.18. The summed E-state index contributed by atoms with van der Waals surface area (Å²) in [4.78, 5) is 15.2. The fourth-order valence-corrected chi connectivity index (χ4v) is 1.73. The Kier molecular flexibility index (Phi) is 4.80. The Balaban J connectivity index is 3.03. The molecule has 0 spiro atoms. The summed E-state index contributed by atoms with van der Waals surface area (Å²) in [6.45, 7) is 3.46. The molecule has 0 aliphatic carbocycles. The molecule has 5 nitrogen and oxygen atoms in total. The highest BCUT2D eigenvalue weighted by Crippen LogP contribution is 2.40. The zero-order valence-corrected chi connectivity index (χ0v) is 11.5. The van der Waals surface area contributed by atoms with E-state index in [1.54, 1.807) is 13.8 Å². The normalized spacial score (nSPS) is 16.6. The number of aromatic nitrogens is 2. The molecular formula is C12H18F3N3O2. The second kappa shape index (κ2) is 5.82. The maximum atomic E-state index is 13.1. The van der Waals surface area contributed by atoms with E-state index in [1.807, 2.05) is 0 Å². The van der Waals surface area contributed by atoms with Crippen molar-refractivity contribution in [3.05, 3.63) is 18.2 Å². The number of hydrogen-bond acceptors (Lipinski definition) is 3. The minimum absolute atomic E-state index is 0.263. The predicted octanol–water partition coefficient (Wildman–Crippen LogP) is 1.47. The first kappa shape index (κ1) is 16.5. The van der Waals surface area contributed by atoms with Crippen LogP contribution in [0.3, 0.4) is 0 Å². The van der Waals surface area contributed by atoms with Crippen LogP contribution < -0.4 is 5.32 Å². The maximum Gasteiger partial charge on any atom is 0.425 e. The fourth-order valence-electron chi connectivity index (χ4n) is 1.73. The van der Waals surface area contributed by atoms with Crippen molar-refractivity contribution in [3.63, 3.8) is 0 Å². The largest absolute Gasteiger partial charge is 0.425 e. The van der Waals surface area contributed by atoms with Gasteiger partial charge >= 0.3 is 6.18 Å². The number of imidazole rings is 1. The predicted molar refractivity (Wildman–Crippen MR) is 65.7 cm³/mol. The lowest BCUT2D eigenvalue weighted by Gasteiger charge is -2.29. The van der Waals surface area contributed by atoms with Crippen LogP contribution in [0, 0.1) is 0 Å². The lowest BCUT2D eigenvalue weighted by atomic mass is 9.97. The van der Waals surface area contributed by atoms with Crippen LogP contribution in [0.25, 0.3) is 0 Å². The number of nitrogens with one attached hydrogen (secondary N) is 1. The van der Waals surface area contributed by atoms with Crippen LogP contribution in [0.1, 0.15) is 32.5 Å². The molecule has 1 aromatic heterocycles. The number of hydrogen-bond donors (Lipinski definition) is 2. The van der Waals surface area contributed by atoms with E-state index in [1.165, 1.54) is 13.2 Å². The topological polar surface area (TPSA) is 67.2 Å². The molecule has 0 aliphatic heterocycles. The molecule has 2 atom stereocenters. The van der Waals surface area contributed by atoms with Gasteiger partial charge in [-0.25, -0.2) is 4.98 Å². The molecule has 1 aromatic rings. The Morgan fingerprint density at radius 2 is 2.15 bits per heavy atom. The molecule has 1 rings (SSSR count). The number of amides is 1. The number of alkyl halides is 3. The van der Waals surface area contributed by atoms with Crippen LogP contribution >= 0.6 is 0 Å². The van der Waals surface area contributed by atoms with Gasteiger partial charge in [-0.05, 0) is 13.3 Å². The van der Waals surface area contributed by atoms with E-state index < -0.39 is 29.9 Å². The van der Waals surface area contributed by atoms with Gasteiger partial charge < -0.3 is 15.0 Å². The number of aryl methyl sites for hydroxylation is 1. The van der Waals surface area contributed by atoms with Crippen LogP contribution in [0.5, 0.6) is 0 Å². The summed E-state index contributed by atoms with van der Waals surface area (Å²) in [6.07, 6.45) is -3.12. The third-order valence-corrected chi connectivity index (χ3v) is 3.10. The summed E-state index contributed by atoms with van der Waals surface area (Å²) in [5.41, 5.74) is -3.30. The molecule has 8 heteroatoms. The molecule has 0 aromatic carbocycles. The smallest absolute Gasteiger partial charge is 0.374 e. The van der Waals surface area contributed by atoms with Gasteiger partial charge in [0, 0.05) is 25.5 Å². The van der Waals surface area contributed by atoms with E-state index in [-0.39, 0.29) is 6.04 Å². The Morgan fingerprint density at radius 3 is 2.55 bits per heavy atom. The van der Waals surface area contributed by atoms with Crippen LogP contribution in [0.2, 0.25) is 0 Å². The standard InChI is InChI=1S/C12H18F3N3O2/c1-4-8(2)17-9(19)7-11(20,12(13,14)15)10-16-5-6-18(10)3/h5-6,8,20H,4,7H2,1-3H3,(H,17,19). The first-order valence-electron chi connectivity index (χ1n) is 6.18. The van der Waals surface area contributed by atoms with Gasteiger partial charge in [-0.2, -0.15) is 13.2 Å². The minimum Gasteiger partial charge on any atom is -0.374 e. The summed E-state index contributed by atoms with van der Waals surface area (Å²) in [5.74, 6) is -1.48. The molecule has 2 unspecified atom stereocenters. The molecular weight excluding hydrogens is 275 g/mol. The van der Waals surface area contributed by atoms with Gasteiger partial charge in [-0.15, -0.1) is 0 Å². The van der Waals surface area contributed by atoms with E-state index in [4.69, 9.17) is 0 Å². The molecule has 0 radical (unpaired) electrons. The maximum absolute atomic E-state index is 13.1. The van der Waals surface area contributed by atoms with Crippen LogP contribution in [-0.4, -0.2) is 32.8 Å². The van der Waals surface area contributed by atoms with Gasteiger partial charge in [0.2, 0.25) is 11.5 Å². The number of halogens is 3. The van der Waals surface area contributed by atoms with E-state index >= 15 is 0 Å². The second-order valence-corrected chi connectivity index (χ2v) is 4.77. The van der Waals surface area contributed by atoms with Gasteiger partial charge in [0.15, 0.2) is 5.82 Å². The summed E-state index contributed by atoms with van der Waals surface area (Å²) in [5, 5.41) is 12.4. The molecule has 20 heavy (non-hydrogen) atoms. The number of rotatable bonds is 5. The minimum atomic E-state index is -5.00. The molecule has 114 valence electrons. The summed E-state index contributed by atoms with van der Waals surface area (Å²) < 4.78 is 40.5. The average Bonchev–Trinajstić information content (AvgIpc) is 2.73. The Bertz CT molecular complexity index is 473. The third kappa shape index (κ3) is 3.30. The Labute approximate surface area is 114 Å². The summed E-state index contributed by atoms with van der Waals surface area (Å²) in [6, 6.07) is -0.263. The average molecular weight is 293 g/mol. The molecule has 1 amide bonds. The van der Waals surface area contributed by atoms with E-state index in [2.05, 4.69) is 10.3 Å². The molecule has 2 N–H and O–H groups in total. The third-order valence-electron chi connectivity index (χ3n) is 3.10. The van der Waals surface area contributed by atoms with Crippen molar-refractivity contribution in [2.24, 2.45) is 7.05 Å². The van der Waals surface area contributed by atoms with E-state index in [9.17, 15) is 23.1 Å². The highest BCUT2D eigenvalue weighted by Gasteiger charge is 2.58. The molecule has 1 heterocycles. The Morgan fingerprint density at radius 1 is 1.55 bits per heavy atom. The molecule has 0 saturated carbocycles. The van der Waals surface area contributed by atoms with Crippen molar-refractivity contribution in [1.29, 1.82) is 0 Å². The van der Waals surface area contributed by atoms with E-state index in [0.717, 1.165) is 10.8 Å². The summed E-state index contributed by atoms with van der Waals surface area (Å²) >= 11 is 0. The second-order valence-electron chi connectivity index (χ2n) is 4.77. The number of carbonyl (C=O) groups is 1. The van der Waals surface area contributed by atoms with Gasteiger partial charge in [-0.1, -0.05) is 6.92 Å². The quantitative estimate of drug-likeness (QED) is 0.864. The Hall–Kier alpha value is -1.57.